The second kappa shape index (κ2) is 7.43. The van der Waals surface area contributed by atoms with Crippen LogP contribution in [0.25, 0.3) is 10.6 Å². The Morgan fingerprint density at radius 2 is 2.12 bits per heavy atom. The van der Waals surface area contributed by atoms with Crippen molar-refractivity contribution in [1.29, 1.82) is 0 Å². The quantitative estimate of drug-likeness (QED) is 0.677. The standard InChI is InChI=1S/C19H16ClN3O2S/c20-15-10-21-8-6-17(15)25-14-7-9-23(11-14)19(24)16-12-26-18(22-16)13-4-2-1-3-5-13/h1-6,8,10,12,14H,7,9,11H2. The molecule has 0 aliphatic carbocycles. The molecule has 0 N–H and O–H groups in total. The number of ether oxygens (including phenoxy) is 1. The van der Waals surface area contributed by atoms with Gasteiger partial charge in [-0.3, -0.25) is 9.78 Å². The number of aromatic nitrogens is 2. The van der Waals surface area contributed by atoms with Crippen molar-refractivity contribution in [2.45, 2.75) is 12.5 Å². The van der Waals surface area contributed by atoms with E-state index in [1.165, 1.54) is 11.3 Å². The zero-order chi connectivity index (χ0) is 17.9. The molecular weight excluding hydrogens is 370 g/mol. The summed E-state index contributed by atoms with van der Waals surface area (Å²) in [6.45, 7) is 1.17. The monoisotopic (exact) mass is 385 g/mol. The van der Waals surface area contributed by atoms with Gasteiger partial charge in [0.15, 0.2) is 0 Å². The third-order valence-electron chi connectivity index (χ3n) is 4.21. The van der Waals surface area contributed by atoms with E-state index in [0.29, 0.717) is 29.6 Å². The maximum absolute atomic E-state index is 12.7. The number of amides is 1. The molecule has 26 heavy (non-hydrogen) atoms. The SMILES string of the molecule is O=C(c1csc(-c2ccccc2)n1)N1CCC(Oc2ccncc2Cl)C1. The van der Waals surface area contributed by atoms with E-state index in [9.17, 15) is 4.79 Å². The summed E-state index contributed by atoms with van der Waals surface area (Å²) in [6.07, 6.45) is 3.88. The predicted octanol–water partition coefficient (Wildman–Crippen LogP) is 4.15. The zero-order valence-corrected chi connectivity index (χ0v) is 15.4. The van der Waals surface area contributed by atoms with Crippen LogP contribution in [-0.4, -0.2) is 40.0 Å². The Labute approximate surface area is 160 Å². The Morgan fingerprint density at radius 3 is 2.92 bits per heavy atom. The van der Waals surface area contributed by atoms with Crippen LogP contribution in [0.1, 0.15) is 16.9 Å². The van der Waals surface area contributed by atoms with Gasteiger partial charge in [-0.2, -0.15) is 0 Å². The summed E-state index contributed by atoms with van der Waals surface area (Å²) in [4.78, 5) is 23.0. The molecule has 0 spiro atoms. The average Bonchev–Trinajstić information content (AvgIpc) is 3.34. The van der Waals surface area contributed by atoms with Gasteiger partial charge >= 0.3 is 0 Å². The number of nitrogens with zero attached hydrogens (tertiary/aromatic N) is 3. The van der Waals surface area contributed by atoms with Gasteiger partial charge in [0.1, 0.15) is 27.6 Å². The average molecular weight is 386 g/mol. The number of carbonyl (C=O) groups excluding carboxylic acids is 1. The number of hydrogen-bond donors (Lipinski definition) is 0. The van der Waals surface area contributed by atoms with Gasteiger partial charge in [0.2, 0.25) is 0 Å². The molecule has 2 aromatic heterocycles. The fraction of sp³-hybridized carbons (Fsp3) is 0.211. The normalized spacial score (nSPS) is 16.7. The third kappa shape index (κ3) is 3.57. The van der Waals surface area contributed by atoms with Crippen molar-refractivity contribution in [3.63, 3.8) is 0 Å². The van der Waals surface area contributed by atoms with Crippen molar-refractivity contribution in [3.8, 4) is 16.3 Å². The van der Waals surface area contributed by atoms with Crippen LogP contribution in [-0.2, 0) is 0 Å². The van der Waals surface area contributed by atoms with Crippen molar-refractivity contribution < 1.29 is 9.53 Å². The number of likely N-dealkylation sites (tertiary alicyclic amines) is 1. The molecule has 0 bridgehead atoms. The molecule has 1 amide bonds. The summed E-state index contributed by atoms with van der Waals surface area (Å²) in [5, 5.41) is 3.15. The second-order valence-corrected chi connectivity index (χ2v) is 7.26. The fourth-order valence-electron chi connectivity index (χ4n) is 2.89. The lowest BCUT2D eigenvalue weighted by atomic mass is 10.2. The molecule has 3 heterocycles. The van der Waals surface area contributed by atoms with E-state index >= 15 is 0 Å². The van der Waals surface area contributed by atoms with Gasteiger partial charge in [-0.25, -0.2) is 4.98 Å². The fourth-order valence-corrected chi connectivity index (χ4v) is 3.86. The number of halogens is 1. The van der Waals surface area contributed by atoms with Crippen LogP contribution in [0.4, 0.5) is 0 Å². The number of thiazole rings is 1. The maximum Gasteiger partial charge on any atom is 0.273 e. The lowest BCUT2D eigenvalue weighted by Crippen LogP contribution is -2.31. The van der Waals surface area contributed by atoms with Crippen molar-refractivity contribution in [3.05, 3.63) is 64.9 Å². The van der Waals surface area contributed by atoms with Crippen LogP contribution in [0.5, 0.6) is 5.75 Å². The van der Waals surface area contributed by atoms with Gasteiger partial charge in [0, 0.05) is 42.4 Å². The second-order valence-electron chi connectivity index (χ2n) is 5.99. The van der Waals surface area contributed by atoms with E-state index in [-0.39, 0.29) is 12.0 Å². The van der Waals surface area contributed by atoms with Crippen LogP contribution in [0.3, 0.4) is 0 Å². The largest absolute Gasteiger partial charge is 0.487 e. The first-order valence-corrected chi connectivity index (χ1v) is 9.53. The topological polar surface area (TPSA) is 55.3 Å². The minimum atomic E-state index is -0.0777. The van der Waals surface area contributed by atoms with Crippen LogP contribution in [0.15, 0.2) is 54.2 Å². The molecule has 3 aromatic rings. The van der Waals surface area contributed by atoms with Crippen molar-refractivity contribution >= 4 is 28.8 Å². The number of rotatable bonds is 4. The Morgan fingerprint density at radius 1 is 1.27 bits per heavy atom. The van der Waals surface area contributed by atoms with Crippen LogP contribution < -0.4 is 4.74 Å². The van der Waals surface area contributed by atoms with E-state index in [1.807, 2.05) is 35.7 Å². The number of pyridine rings is 1. The first-order valence-electron chi connectivity index (χ1n) is 8.27. The maximum atomic E-state index is 12.7. The highest BCUT2D eigenvalue weighted by Gasteiger charge is 2.29. The molecule has 1 aliphatic heterocycles. The van der Waals surface area contributed by atoms with Crippen molar-refractivity contribution in [2.24, 2.45) is 0 Å². The van der Waals surface area contributed by atoms with Crippen LogP contribution >= 0.6 is 22.9 Å². The minimum Gasteiger partial charge on any atom is -0.487 e. The van der Waals surface area contributed by atoms with Gasteiger partial charge < -0.3 is 9.64 Å². The van der Waals surface area contributed by atoms with Gasteiger partial charge in [0.05, 0.1) is 6.54 Å². The molecule has 1 fully saturated rings. The highest BCUT2D eigenvalue weighted by Crippen LogP contribution is 2.27. The van der Waals surface area contributed by atoms with E-state index in [4.69, 9.17) is 16.3 Å². The summed E-state index contributed by atoms with van der Waals surface area (Å²) in [7, 11) is 0. The molecule has 1 unspecified atom stereocenters. The predicted molar refractivity (Wildman–Crippen MR) is 102 cm³/mol. The lowest BCUT2D eigenvalue weighted by molar-refractivity contribution is 0.0767. The highest BCUT2D eigenvalue weighted by atomic mass is 35.5. The molecule has 1 atom stereocenters. The van der Waals surface area contributed by atoms with E-state index in [0.717, 1.165) is 17.0 Å². The molecule has 4 rings (SSSR count). The number of benzene rings is 1. The summed E-state index contributed by atoms with van der Waals surface area (Å²) in [5.41, 5.74) is 1.50. The molecule has 0 radical (unpaired) electrons. The molecule has 5 nitrogen and oxygen atoms in total. The molecule has 0 saturated carbocycles. The Kier molecular flexibility index (Phi) is 4.86. The Balaban J connectivity index is 1.42. The molecule has 1 aromatic carbocycles. The summed E-state index contributed by atoms with van der Waals surface area (Å²) >= 11 is 7.56. The number of hydrogen-bond acceptors (Lipinski definition) is 5. The van der Waals surface area contributed by atoms with Crippen LogP contribution in [0.2, 0.25) is 5.02 Å². The lowest BCUT2D eigenvalue weighted by Gasteiger charge is -2.16. The van der Waals surface area contributed by atoms with E-state index in [1.54, 1.807) is 23.4 Å². The summed E-state index contributed by atoms with van der Waals surface area (Å²) < 4.78 is 5.91. The first-order chi connectivity index (χ1) is 12.7. The van der Waals surface area contributed by atoms with Crippen LogP contribution in [0, 0.1) is 0 Å². The molecular formula is C19H16ClN3O2S. The van der Waals surface area contributed by atoms with Gasteiger partial charge in [-0.05, 0) is 0 Å². The van der Waals surface area contributed by atoms with E-state index < -0.39 is 0 Å². The zero-order valence-electron chi connectivity index (χ0n) is 13.8. The van der Waals surface area contributed by atoms with Gasteiger partial charge in [-0.1, -0.05) is 41.9 Å². The van der Waals surface area contributed by atoms with Gasteiger partial charge in [0.25, 0.3) is 5.91 Å². The minimum absolute atomic E-state index is 0.0599. The highest BCUT2D eigenvalue weighted by molar-refractivity contribution is 7.13. The third-order valence-corrected chi connectivity index (χ3v) is 5.38. The van der Waals surface area contributed by atoms with E-state index in [2.05, 4.69) is 9.97 Å². The molecule has 7 heteroatoms. The first kappa shape index (κ1) is 17.0. The Hall–Kier alpha value is -2.44. The summed E-state index contributed by atoms with van der Waals surface area (Å²) in [6, 6.07) is 11.6. The Bertz CT molecular complexity index is 916. The molecule has 1 aliphatic rings. The van der Waals surface area contributed by atoms with Crippen molar-refractivity contribution in [1.82, 2.24) is 14.9 Å². The van der Waals surface area contributed by atoms with Crippen molar-refractivity contribution in [2.75, 3.05) is 13.1 Å². The number of carbonyl (C=O) groups is 1. The molecule has 132 valence electrons. The van der Waals surface area contributed by atoms with Gasteiger partial charge in [-0.15, -0.1) is 11.3 Å². The smallest absolute Gasteiger partial charge is 0.273 e. The molecule has 1 saturated heterocycles. The summed E-state index contributed by atoms with van der Waals surface area (Å²) in [5.74, 6) is 0.538.